The van der Waals surface area contributed by atoms with Crippen molar-refractivity contribution >= 4 is 24.2 Å². The highest BCUT2D eigenvalue weighted by atomic mass is 35.5. The van der Waals surface area contributed by atoms with Crippen LogP contribution in [0.4, 0.5) is 0 Å². The Morgan fingerprint density at radius 2 is 1.95 bits per heavy atom. The van der Waals surface area contributed by atoms with Gasteiger partial charge in [0.15, 0.2) is 0 Å². The van der Waals surface area contributed by atoms with Gasteiger partial charge in [0.2, 0.25) is 11.8 Å². The lowest BCUT2D eigenvalue weighted by atomic mass is 9.87. The molecule has 1 fully saturated rings. The van der Waals surface area contributed by atoms with Gasteiger partial charge in [0.05, 0.1) is 12.6 Å². The lowest BCUT2D eigenvalue weighted by molar-refractivity contribution is -0.127. The second-order valence-electron chi connectivity index (χ2n) is 6.49. The summed E-state index contributed by atoms with van der Waals surface area (Å²) in [6.45, 7) is 8.10. The Hall–Kier alpha value is -0.810. The number of nitrogens with two attached hydrogens (primary N) is 1. The number of carbonyl (C=O) groups excluding carboxylic acids is 2. The number of hydrogen-bond acceptors (Lipinski definition) is 3. The maximum absolute atomic E-state index is 11.8. The molecule has 5 nitrogen and oxygen atoms in total. The molecule has 2 atom stereocenters. The predicted molar refractivity (Wildman–Crippen MR) is 82.6 cm³/mol. The molecule has 0 heterocycles. The van der Waals surface area contributed by atoms with Gasteiger partial charge in [0.25, 0.3) is 0 Å². The maximum atomic E-state index is 11.8. The molecule has 118 valence electrons. The first-order valence-electron chi connectivity index (χ1n) is 7.06. The summed E-state index contributed by atoms with van der Waals surface area (Å²) in [4.78, 5) is 23.5. The summed E-state index contributed by atoms with van der Waals surface area (Å²) >= 11 is 0. The second-order valence-corrected chi connectivity index (χ2v) is 6.49. The molecule has 2 amide bonds. The fraction of sp³-hybridized carbons (Fsp3) is 0.857. The zero-order chi connectivity index (χ0) is 14.6. The Balaban J connectivity index is 0.00000361. The van der Waals surface area contributed by atoms with E-state index in [4.69, 9.17) is 5.73 Å². The van der Waals surface area contributed by atoms with Crippen LogP contribution in [0.5, 0.6) is 0 Å². The lowest BCUT2D eigenvalue weighted by Gasteiger charge is -2.28. The van der Waals surface area contributed by atoms with Crippen LogP contribution in [0.1, 0.15) is 47.0 Å². The Kier molecular flexibility index (Phi) is 7.52. The number of nitrogens with one attached hydrogen (secondary N) is 2. The average molecular weight is 306 g/mol. The van der Waals surface area contributed by atoms with Gasteiger partial charge >= 0.3 is 0 Å². The van der Waals surface area contributed by atoms with E-state index in [-0.39, 0.29) is 48.1 Å². The Bertz CT molecular complexity index is 345. The van der Waals surface area contributed by atoms with Crippen LogP contribution in [-0.2, 0) is 9.59 Å². The van der Waals surface area contributed by atoms with Crippen molar-refractivity contribution in [1.29, 1.82) is 0 Å². The van der Waals surface area contributed by atoms with Crippen molar-refractivity contribution in [3.8, 4) is 0 Å². The molecule has 0 spiro atoms. The van der Waals surface area contributed by atoms with Crippen molar-refractivity contribution in [2.45, 2.75) is 59.0 Å². The highest BCUT2D eigenvalue weighted by Gasteiger charge is 2.35. The number of halogens is 1. The third-order valence-corrected chi connectivity index (χ3v) is 4.04. The smallest absolute Gasteiger partial charge is 0.239 e. The molecule has 0 aromatic carbocycles. The molecule has 0 radical (unpaired) electrons. The van der Waals surface area contributed by atoms with E-state index in [0.717, 1.165) is 19.3 Å². The number of hydrogen-bond donors (Lipinski definition) is 3. The first-order chi connectivity index (χ1) is 8.74. The molecule has 0 aromatic rings. The summed E-state index contributed by atoms with van der Waals surface area (Å²) < 4.78 is 0. The van der Waals surface area contributed by atoms with Gasteiger partial charge in [-0.3, -0.25) is 9.59 Å². The van der Waals surface area contributed by atoms with Crippen LogP contribution in [0.2, 0.25) is 0 Å². The summed E-state index contributed by atoms with van der Waals surface area (Å²) in [6, 6.07) is -0.355. The number of carbonyl (C=O) groups is 2. The minimum absolute atomic E-state index is 0. The fourth-order valence-electron chi connectivity index (χ4n) is 2.43. The third kappa shape index (κ3) is 5.29. The molecular weight excluding hydrogens is 278 g/mol. The lowest BCUT2D eigenvalue weighted by Crippen LogP contribution is -2.49. The summed E-state index contributed by atoms with van der Waals surface area (Å²) in [7, 11) is 0. The van der Waals surface area contributed by atoms with Gasteiger partial charge in [-0.15, -0.1) is 12.4 Å². The SMILES string of the molecule is CC(C)[C@H](N)C(=O)NCC(=O)NC1CCCC1(C)C.Cl. The van der Waals surface area contributed by atoms with E-state index in [1.165, 1.54) is 0 Å². The zero-order valence-corrected chi connectivity index (χ0v) is 13.7. The van der Waals surface area contributed by atoms with Crippen molar-refractivity contribution in [1.82, 2.24) is 10.6 Å². The van der Waals surface area contributed by atoms with E-state index in [9.17, 15) is 9.59 Å². The van der Waals surface area contributed by atoms with Crippen LogP contribution in [0.25, 0.3) is 0 Å². The molecule has 1 saturated carbocycles. The predicted octanol–water partition coefficient (Wildman–Crippen LogP) is 1.20. The van der Waals surface area contributed by atoms with Gasteiger partial charge in [0.1, 0.15) is 0 Å². The van der Waals surface area contributed by atoms with Crippen molar-refractivity contribution < 1.29 is 9.59 Å². The minimum Gasteiger partial charge on any atom is -0.351 e. The first-order valence-corrected chi connectivity index (χ1v) is 7.06. The monoisotopic (exact) mass is 305 g/mol. The van der Waals surface area contributed by atoms with Gasteiger partial charge in [-0.25, -0.2) is 0 Å². The van der Waals surface area contributed by atoms with Crippen LogP contribution < -0.4 is 16.4 Å². The molecule has 1 unspecified atom stereocenters. The van der Waals surface area contributed by atoms with Gasteiger partial charge < -0.3 is 16.4 Å². The van der Waals surface area contributed by atoms with E-state index < -0.39 is 6.04 Å². The molecular formula is C14H28ClN3O2. The standard InChI is InChI=1S/C14H27N3O2.ClH/c1-9(2)12(15)13(19)16-8-11(18)17-10-6-5-7-14(10,3)4;/h9-10,12H,5-8,15H2,1-4H3,(H,16,19)(H,17,18);1H/t10?,12-;/m0./s1. The molecule has 4 N–H and O–H groups in total. The second kappa shape index (κ2) is 7.84. The molecule has 0 bridgehead atoms. The van der Waals surface area contributed by atoms with E-state index in [2.05, 4.69) is 24.5 Å². The quantitative estimate of drug-likeness (QED) is 0.713. The van der Waals surface area contributed by atoms with E-state index >= 15 is 0 Å². The van der Waals surface area contributed by atoms with Crippen molar-refractivity contribution in [2.24, 2.45) is 17.1 Å². The summed E-state index contributed by atoms with van der Waals surface area (Å²) in [5.74, 6) is -0.336. The highest BCUT2D eigenvalue weighted by molar-refractivity contribution is 5.87. The first kappa shape index (κ1) is 19.2. The van der Waals surface area contributed by atoms with Crippen molar-refractivity contribution in [3.63, 3.8) is 0 Å². The van der Waals surface area contributed by atoms with Crippen molar-refractivity contribution in [3.05, 3.63) is 0 Å². The molecule has 1 aliphatic rings. The number of amides is 2. The summed E-state index contributed by atoms with van der Waals surface area (Å²) in [5.41, 5.74) is 5.86. The van der Waals surface area contributed by atoms with Crippen LogP contribution in [-0.4, -0.2) is 30.4 Å². The van der Waals surface area contributed by atoms with Crippen LogP contribution >= 0.6 is 12.4 Å². The molecule has 0 aromatic heterocycles. The molecule has 6 heteroatoms. The fourth-order valence-corrected chi connectivity index (χ4v) is 2.43. The van der Waals surface area contributed by atoms with Gasteiger partial charge in [-0.05, 0) is 24.2 Å². The number of rotatable bonds is 5. The van der Waals surface area contributed by atoms with Crippen molar-refractivity contribution in [2.75, 3.05) is 6.54 Å². The Labute approximate surface area is 127 Å². The zero-order valence-electron chi connectivity index (χ0n) is 12.9. The van der Waals surface area contributed by atoms with Gasteiger partial charge in [0, 0.05) is 6.04 Å². The topological polar surface area (TPSA) is 84.2 Å². The third-order valence-electron chi connectivity index (χ3n) is 4.04. The van der Waals surface area contributed by atoms with E-state index in [0.29, 0.717) is 0 Å². The average Bonchev–Trinajstić information content (AvgIpc) is 2.64. The van der Waals surface area contributed by atoms with Crippen LogP contribution in [0.15, 0.2) is 0 Å². The summed E-state index contributed by atoms with van der Waals surface area (Å²) in [5, 5.41) is 5.59. The molecule has 20 heavy (non-hydrogen) atoms. The molecule has 1 rings (SSSR count). The highest BCUT2D eigenvalue weighted by Crippen LogP contribution is 2.36. The normalized spacial score (nSPS) is 22.0. The Morgan fingerprint density at radius 1 is 1.35 bits per heavy atom. The van der Waals surface area contributed by atoms with E-state index in [1.807, 2.05) is 13.8 Å². The summed E-state index contributed by atoms with van der Waals surface area (Å²) in [6.07, 6.45) is 3.28. The largest absolute Gasteiger partial charge is 0.351 e. The van der Waals surface area contributed by atoms with Gasteiger partial charge in [-0.1, -0.05) is 34.1 Å². The minimum atomic E-state index is -0.560. The van der Waals surface area contributed by atoms with Gasteiger partial charge in [-0.2, -0.15) is 0 Å². The molecule has 0 aliphatic heterocycles. The molecule has 1 aliphatic carbocycles. The van der Waals surface area contributed by atoms with E-state index in [1.54, 1.807) is 0 Å². The van der Waals surface area contributed by atoms with Crippen LogP contribution in [0, 0.1) is 11.3 Å². The van der Waals surface area contributed by atoms with Crippen LogP contribution in [0.3, 0.4) is 0 Å². The maximum Gasteiger partial charge on any atom is 0.239 e. The Morgan fingerprint density at radius 3 is 2.40 bits per heavy atom. The molecule has 0 saturated heterocycles.